The Morgan fingerprint density at radius 2 is 1.85 bits per heavy atom. The van der Waals surface area contributed by atoms with Crippen molar-refractivity contribution in [2.75, 3.05) is 17.2 Å². The molecule has 0 amide bonds. The van der Waals surface area contributed by atoms with Crippen LogP contribution in [-0.2, 0) is 0 Å². The molecule has 1 aliphatic rings. The topological polar surface area (TPSA) is 29.3 Å². The van der Waals surface area contributed by atoms with Crippen LogP contribution in [0.5, 0.6) is 0 Å². The summed E-state index contributed by atoms with van der Waals surface area (Å²) in [5, 5.41) is 0. The van der Waals surface area contributed by atoms with Crippen molar-refractivity contribution >= 4 is 11.4 Å². The molecule has 66 valence electrons. The van der Waals surface area contributed by atoms with E-state index in [1.807, 2.05) is 36.4 Å². The van der Waals surface area contributed by atoms with E-state index in [9.17, 15) is 0 Å². The highest BCUT2D eigenvalue weighted by Gasteiger charge is 2.01. The van der Waals surface area contributed by atoms with Gasteiger partial charge in [-0.3, -0.25) is 0 Å². The first kappa shape index (κ1) is 7.92. The van der Waals surface area contributed by atoms with Gasteiger partial charge in [-0.1, -0.05) is 12.2 Å². The van der Waals surface area contributed by atoms with Crippen molar-refractivity contribution in [3.05, 3.63) is 48.7 Å². The van der Waals surface area contributed by atoms with E-state index in [1.165, 1.54) is 5.69 Å². The van der Waals surface area contributed by atoms with Crippen LogP contribution in [0.15, 0.2) is 48.7 Å². The zero-order chi connectivity index (χ0) is 9.10. The van der Waals surface area contributed by atoms with E-state index in [0.717, 1.165) is 12.2 Å². The number of rotatable bonds is 1. The summed E-state index contributed by atoms with van der Waals surface area (Å²) in [5.41, 5.74) is 7.59. The first-order chi connectivity index (χ1) is 6.36. The number of anilines is 2. The highest BCUT2D eigenvalue weighted by molar-refractivity contribution is 5.56. The summed E-state index contributed by atoms with van der Waals surface area (Å²) >= 11 is 0. The standard InChI is InChI=1S/C11H12N2/c12-10-4-6-11(7-5-10)13-8-2-1-3-9-13/h1-8H,9,12H2. The molecule has 1 aromatic carbocycles. The molecular weight excluding hydrogens is 160 g/mol. The lowest BCUT2D eigenvalue weighted by molar-refractivity contribution is 1.07. The Kier molecular flexibility index (Phi) is 2.04. The third-order valence-electron chi connectivity index (χ3n) is 2.04. The molecule has 1 aliphatic heterocycles. The molecule has 2 heteroatoms. The van der Waals surface area contributed by atoms with Gasteiger partial charge in [0.25, 0.3) is 0 Å². The van der Waals surface area contributed by atoms with E-state index in [2.05, 4.69) is 17.2 Å². The monoisotopic (exact) mass is 172 g/mol. The second-order valence-corrected chi connectivity index (χ2v) is 3.01. The van der Waals surface area contributed by atoms with Crippen molar-refractivity contribution in [2.24, 2.45) is 0 Å². The van der Waals surface area contributed by atoms with Gasteiger partial charge < -0.3 is 10.6 Å². The maximum atomic E-state index is 5.61. The summed E-state index contributed by atoms with van der Waals surface area (Å²) in [5.74, 6) is 0. The molecule has 2 N–H and O–H groups in total. The molecule has 0 saturated heterocycles. The summed E-state index contributed by atoms with van der Waals surface area (Å²) < 4.78 is 0. The predicted molar refractivity (Wildman–Crippen MR) is 56.5 cm³/mol. The predicted octanol–water partition coefficient (Wildman–Crippen LogP) is 2.16. The van der Waals surface area contributed by atoms with E-state index >= 15 is 0 Å². The Hall–Kier alpha value is -1.70. The zero-order valence-corrected chi connectivity index (χ0v) is 7.35. The van der Waals surface area contributed by atoms with Crippen LogP contribution in [0.3, 0.4) is 0 Å². The van der Waals surface area contributed by atoms with Gasteiger partial charge >= 0.3 is 0 Å². The maximum Gasteiger partial charge on any atom is 0.0410 e. The van der Waals surface area contributed by atoms with Gasteiger partial charge in [0.05, 0.1) is 0 Å². The molecule has 0 atom stereocenters. The fourth-order valence-corrected chi connectivity index (χ4v) is 1.32. The third-order valence-corrected chi connectivity index (χ3v) is 2.04. The van der Waals surface area contributed by atoms with Gasteiger partial charge in [-0.25, -0.2) is 0 Å². The summed E-state index contributed by atoms with van der Waals surface area (Å²) in [6, 6.07) is 7.89. The largest absolute Gasteiger partial charge is 0.399 e. The van der Waals surface area contributed by atoms with Crippen LogP contribution in [-0.4, -0.2) is 6.54 Å². The highest BCUT2D eigenvalue weighted by atomic mass is 15.1. The van der Waals surface area contributed by atoms with Gasteiger partial charge in [-0.05, 0) is 30.3 Å². The summed E-state index contributed by atoms with van der Waals surface area (Å²) in [6.07, 6.45) is 8.26. The van der Waals surface area contributed by atoms with Crippen LogP contribution in [0.1, 0.15) is 0 Å². The number of nitrogens with zero attached hydrogens (tertiary/aromatic N) is 1. The van der Waals surface area contributed by atoms with E-state index in [0.29, 0.717) is 0 Å². The maximum absolute atomic E-state index is 5.61. The fraction of sp³-hybridized carbons (Fsp3) is 0.0909. The first-order valence-electron chi connectivity index (χ1n) is 4.32. The number of nitrogen functional groups attached to an aromatic ring is 1. The van der Waals surface area contributed by atoms with Crippen LogP contribution in [0.2, 0.25) is 0 Å². The second-order valence-electron chi connectivity index (χ2n) is 3.01. The van der Waals surface area contributed by atoms with Crippen LogP contribution in [0.4, 0.5) is 11.4 Å². The fourth-order valence-electron chi connectivity index (χ4n) is 1.32. The Bertz CT molecular complexity index is 336. The van der Waals surface area contributed by atoms with Crippen molar-refractivity contribution in [3.63, 3.8) is 0 Å². The molecule has 0 bridgehead atoms. The molecule has 0 fully saturated rings. The molecule has 1 heterocycles. The molecule has 0 aliphatic carbocycles. The SMILES string of the molecule is Nc1ccc(N2C=CC=CC2)cc1. The average Bonchev–Trinajstić information content (AvgIpc) is 2.20. The van der Waals surface area contributed by atoms with Gasteiger partial charge in [0.2, 0.25) is 0 Å². The molecule has 0 saturated carbocycles. The highest BCUT2D eigenvalue weighted by Crippen LogP contribution is 2.17. The zero-order valence-electron chi connectivity index (χ0n) is 7.35. The number of allylic oxidation sites excluding steroid dienone is 2. The number of nitrogens with two attached hydrogens (primary N) is 1. The summed E-state index contributed by atoms with van der Waals surface area (Å²) in [7, 11) is 0. The Morgan fingerprint density at radius 1 is 1.08 bits per heavy atom. The molecule has 0 spiro atoms. The summed E-state index contributed by atoms with van der Waals surface area (Å²) in [4.78, 5) is 2.17. The number of hydrogen-bond donors (Lipinski definition) is 1. The molecule has 1 aromatic rings. The van der Waals surface area contributed by atoms with Crippen molar-refractivity contribution in [1.82, 2.24) is 0 Å². The van der Waals surface area contributed by atoms with Crippen LogP contribution in [0, 0.1) is 0 Å². The lowest BCUT2D eigenvalue weighted by atomic mass is 10.2. The van der Waals surface area contributed by atoms with Crippen LogP contribution >= 0.6 is 0 Å². The quantitative estimate of drug-likeness (QED) is 0.658. The van der Waals surface area contributed by atoms with Gasteiger partial charge in [0, 0.05) is 24.1 Å². The molecular formula is C11H12N2. The van der Waals surface area contributed by atoms with E-state index in [1.54, 1.807) is 0 Å². The molecule has 0 aromatic heterocycles. The van der Waals surface area contributed by atoms with Gasteiger partial charge in [-0.2, -0.15) is 0 Å². The minimum Gasteiger partial charge on any atom is -0.399 e. The van der Waals surface area contributed by atoms with Crippen molar-refractivity contribution in [1.29, 1.82) is 0 Å². The van der Waals surface area contributed by atoms with Crippen LogP contribution < -0.4 is 10.6 Å². The van der Waals surface area contributed by atoms with Crippen LogP contribution in [0.25, 0.3) is 0 Å². The second kappa shape index (κ2) is 3.35. The number of hydrogen-bond acceptors (Lipinski definition) is 2. The van der Waals surface area contributed by atoms with E-state index in [4.69, 9.17) is 5.73 Å². The van der Waals surface area contributed by atoms with Crippen molar-refractivity contribution in [2.45, 2.75) is 0 Å². The van der Waals surface area contributed by atoms with Gasteiger partial charge in [0.1, 0.15) is 0 Å². The van der Waals surface area contributed by atoms with Gasteiger partial charge in [0.15, 0.2) is 0 Å². The Balaban J connectivity index is 2.21. The average molecular weight is 172 g/mol. The Morgan fingerprint density at radius 3 is 2.46 bits per heavy atom. The molecule has 2 rings (SSSR count). The molecule has 0 unspecified atom stereocenters. The van der Waals surface area contributed by atoms with E-state index in [-0.39, 0.29) is 0 Å². The first-order valence-corrected chi connectivity index (χ1v) is 4.32. The van der Waals surface area contributed by atoms with Crippen molar-refractivity contribution < 1.29 is 0 Å². The number of benzene rings is 1. The normalized spacial score (nSPS) is 14.9. The lowest BCUT2D eigenvalue weighted by Crippen LogP contribution is -2.17. The van der Waals surface area contributed by atoms with Gasteiger partial charge in [-0.15, -0.1) is 0 Å². The van der Waals surface area contributed by atoms with Crippen molar-refractivity contribution in [3.8, 4) is 0 Å². The molecule has 2 nitrogen and oxygen atoms in total. The lowest BCUT2D eigenvalue weighted by Gasteiger charge is -2.20. The molecule has 0 radical (unpaired) electrons. The third kappa shape index (κ3) is 1.72. The Labute approximate surface area is 78.0 Å². The van der Waals surface area contributed by atoms with E-state index < -0.39 is 0 Å². The minimum absolute atomic E-state index is 0.806. The summed E-state index contributed by atoms with van der Waals surface area (Å²) in [6.45, 7) is 0.931. The smallest absolute Gasteiger partial charge is 0.0410 e. The minimum atomic E-state index is 0.806. The molecule has 13 heavy (non-hydrogen) atoms.